The average molecular weight is 373 g/mol. The van der Waals surface area contributed by atoms with Gasteiger partial charge in [0.2, 0.25) is 0 Å². The van der Waals surface area contributed by atoms with E-state index in [-0.39, 0.29) is 29.6 Å². The Bertz CT molecular complexity index is 929. The van der Waals surface area contributed by atoms with Gasteiger partial charge in [-0.2, -0.15) is 0 Å². The number of nitrogens with zero attached hydrogens (tertiary/aromatic N) is 2. The molecule has 7 heteroatoms. The third kappa shape index (κ3) is 4.02. The lowest BCUT2D eigenvalue weighted by Crippen LogP contribution is -2.46. The molecular formula is C20H24FN3O3. The van der Waals surface area contributed by atoms with E-state index in [0.29, 0.717) is 6.54 Å². The number of amides is 1. The third-order valence-electron chi connectivity index (χ3n) is 5.19. The molecule has 1 amide bonds. The van der Waals surface area contributed by atoms with Crippen LogP contribution in [0.5, 0.6) is 0 Å². The van der Waals surface area contributed by atoms with Crippen LogP contribution >= 0.6 is 0 Å². The second-order valence-electron chi connectivity index (χ2n) is 6.87. The summed E-state index contributed by atoms with van der Waals surface area (Å²) in [4.78, 5) is 42.1. The predicted molar refractivity (Wildman–Crippen MR) is 100 cm³/mol. The molecule has 1 N–H and O–H groups in total. The van der Waals surface area contributed by atoms with Crippen LogP contribution in [0.1, 0.15) is 54.9 Å². The minimum Gasteiger partial charge on any atom is -0.336 e. The largest absolute Gasteiger partial charge is 0.336 e. The fraction of sp³-hybridized carbons (Fsp3) is 0.450. The molecule has 1 aromatic carbocycles. The number of hydrogen-bond donors (Lipinski definition) is 1. The minimum absolute atomic E-state index is 0.0848. The average Bonchev–Trinajstić information content (AvgIpc) is 2.68. The lowest BCUT2D eigenvalue weighted by Gasteiger charge is -2.33. The molecule has 0 spiro atoms. The molecule has 144 valence electrons. The number of aromatic amines is 1. The van der Waals surface area contributed by atoms with Gasteiger partial charge in [-0.3, -0.25) is 14.2 Å². The van der Waals surface area contributed by atoms with Crippen LogP contribution in [0.15, 0.2) is 40.1 Å². The molecule has 1 fully saturated rings. The Hall–Kier alpha value is -2.70. The fourth-order valence-corrected chi connectivity index (χ4v) is 3.72. The van der Waals surface area contributed by atoms with E-state index >= 15 is 0 Å². The third-order valence-corrected chi connectivity index (χ3v) is 5.19. The lowest BCUT2D eigenvalue weighted by molar-refractivity contribution is 0.0644. The van der Waals surface area contributed by atoms with Crippen molar-refractivity contribution in [2.75, 3.05) is 6.54 Å². The Kier molecular flexibility index (Phi) is 5.88. The Morgan fingerprint density at radius 2 is 1.93 bits per heavy atom. The summed E-state index contributed by atoms with van der Waals surface area (Å²) in [5, 5.41) is 0. The highest BCUT2D eigenvalue weighted by atomic mass is 19.1. The van der Waals surface area contributed by atoms with Crippen LogP contribution in [-0.2, 0) is 6.54 Å². The highest BCUT2D eigenvalue weighted by Gasteiger charge is 2.27. The first-order valence-corrected chi connectivity index (χ1v) is 9.39. The topological polar surface area (TPSA) is 75.2 Å². The summed E-state index contributed by atoms with van der Waals surface area (Å²) >= 11 is 0. The number of aromatic nitrogens is 2. The predicted octanol–water partition coefficient (Wildman–Crippen LogP) is 2.52. The van der Waals surface area contributed by atoms with Crippen molar-refractivity contribution >= 4 is 5.91 Å². The zero-order valence-corrected chi connectivity index (χ0v) is 15.4. The van der Waals surface area contributed by atoms with Crippen molar-refractivity contribution in [1.82, 2.24) is 14.5 Å². The van der Waals surface area contributed by atoms with Crippen LogP contribution in [-0.4, -0.2) is 32.9 Å². The van der Waals surface area contributed by atoms with Crippen LogP contribution in [0.25, 0.3) is 0 Å². The number of H-pyrrole nitrogens is 1. The molecule has 27 heavy (non-hydrogen) atoms. The molecule has 0 bridgehead atoms. The maximum Gasteiger partial charge on any atom is 0.328 e. The van der Waals surface area contributed by atoms with Crippen molar-refractivity contribution in [2.45, 2.75) is 51.6 Å². The van der Waals surface area contributed by atoms with E-state index in [2.05, 4.69) is 4.98 Å². The first kappa shape index (κ1) is 19.1. The maximum absolute atomic E-state index is 13.9. The van der Waals surface area contributed by atoms with Gasteiger partial charge in [0.15, 0.2) is 0 Å². The normalized spacial score (nSPS) is 14.9. The number of hydrogen-bond acceptors (Lipinski definition) is 3. The second kappa shape index (κ2) is 8.33. The van der Waals surface area contributed by atoms with E-state index < -0.39 is 17.1 Å². The second-order valence-corrected chi connectivity index (χ2v) is 6.87. The monoisotopic (exact) mass is 373 g/mol. The van der Waals surface area contributed by atoms with Gasteiger partial charge in [-0.05, 0) is 25.8 Å². The summed E-state index contributed by atoms with van der Waals surface area (Å²) in [6.45, 7) is 2.16. The fourth-order valence-electron chi connectivity index (χ4n) is 3.72. The number of rotatable bonds is 5. The van der Waals surface area contributed by atoms with E-state index in [0.717, 1.165) is 36.7 Å². The molecule has 6 nitrogen and oxygen atoms in total. The van der Waals surface area contributed by atoms with E-state index in [1.165, 1.54) is 24.4 Å². The zero-order valence-electron chi connectivity index (χ0n) is 15.4. The van der Waals surface area contributed by atoms with Crippen molar-refractivity contribution < 1.29 is 9.18 Å². The SMILES string of the molecule is CCN(C(=O)c1c[nH]c(=O)n(Cc2ccccc2F)c1=O)C1CCCCC1. The van der Waals surface area contributed by atoms with Gasteiger partial charge < -0.3 is 9.88 Å². The van der Waals surface area contributed by atoms with E-state index in [4.69, 9.17) is 0 Å². The van der Waals surface area contributed by atoms with Crippen molar-refractivity contribution in [3.05, 3.63) is 68.2 Å². The van der Waals surface area contributed by atoms with Gasteiger partial charge in [0.05, 0.1) is 6.54 Å². The quantitative estimate of drug-likeness (QED) is 0.875. The molecule has 0 unspecified atom stereocenters. The van der Waals surface area contributed by atoms with Crippen molar-refractivity contribution in [3.8, 4) is 0 Å². The molecule has 0 atom stereocenters. The van der Waals surface area contributed by atoms with Gasteiger partial charge in [0.1, 0.15) is 11.4 Å². The van der Waals surface area contributed by atoms with Crippen LogP contribution in [0.2, 0.25) is 0 Å². The molecule has 1 aromatic heterocycles. The number of carbonyl (C=O) groups is 1. The smallest absolute Gasteiger partial charge is 0.328 e. The summed E-state index contributed by atoms with van der Waals surface area (Å²) in [6, 6.07) is 6.06. The lowest BCUT2D eigenvalue weighted by atomic mass is 9.94. The Labute approximate surface area is 156 Å². The van der Waals surface area contributed by atoms with Crippen LogP contribution in [0.3, 0.4) is 0 Å². The molecule has 1 saturated carbocycles. The zero-order chi connectivity index (χ0) is 19.4. The summed E-state index contributed by atoms with van der Waals surface area (Å²) in [6.07, 6.45) is 6.32. The van der Waals surface area contributed by atoms with E-state index in [1.54, 1.807) is 11.0 Å². The highest BCUT2D eigenvalue weighted by molar-refractivity contribution is 5.93. The Balaban J connectivity index is 1.94. The number of halogens is 1. The van der Waals surface area contributed by atoms with Gasteiger partial charge in [0.25, 0.3) is 11.5 Å². The molecule has 2 aromatic rings. The standard InChI is InChI=1S/C20H24FN3O3/c1-2-23(15-9-4-3-5-10-15)18(25)16-12-22-20(27)24(19(16)26)13-14-8-6-7-11-17(14)21/h6-8,11-12,15H,2-5,9-10,13H2,1H3,(H,22,27). The molecule has 0 aliphatic heterocycles. The van der Waals surface area contributed by atoms with Crippen molar-refractivity contribution in [3.63, 3.8) is 0 Å². The molecule has 1 aliphatic rings. The van der Waals surface area contributed by atoms with Gasteiger partial charge in [-0.15, -0.1) is 0 Å². The maximum atomic E-state index is 13.9. The first-order valence-electron chi connectivity index (χ1n) is 9.39. The molecule has 3 rings (SSSR count). The number of benzene rings is 1. The summed E-state index contributed by atoms with van der Waals surface area (Å²) in [5.41, 5.74) is -1.23. The van der Waals surface area contributed by atoms with Crippen molar-refractivity contribution in [2.24, 2.45) is 0 Å². The number of nitrogens with one attached hydrogen (secondary N) is 1. The molecule has 1 heterocycles. The molecule has 0 saturated heterocycles. The van der Waals surface area contributed by atoms with E-state index in [1.807, 2.05) is 6.92 Å². The van der Waals surface area contributed by atoms with Gasteiger partial charge in [-0.1, -0.05) is 37.5 Å². The molecule has 1 aliphatic carbocycles. The summed E-state index contributed by atoms with van der Waals surface area (Å²) in [5.74, 6) is -0.883. The van der Waals surface area contributed by atoms with E-state index in [9.17, 15) is 18.8 Å². The minimum atomic E-state index is -0.693. The van der Waals surface area contributed by atoms with Gasteiger partial charge >= 0.3 is 5.69 Å². The Morgan fingerprint density at radius 1 is 1.22 bits per heavy atom. The van der Waals surface area contributed by atoms with Crippen LogP contribution in [0, 0.1) is 5.82 Å². The van der Waals surface area contributed by atoms with Gasteiger partial charge in [-0.25, -0.2) is 9.18 Å². The summed E-state index contributed by atoms with van der Waals surface area (Å²) in [7, 11) is 0. The van der Waals surface area contributed by atoms with Crippen LogP contribution in [0.4, 0.5) is 4.39 Å². The molecule has 0 radical (unpaired) electrons. The van der Waals surface area contributed by atoms with Crippen molar-refractivity contribution in [1.29, 1.82) is 0 Å². The molecular weight excluding hydrogens is 349 g/mol. The Morgan fingerprint density at radius 3 is 2.59 bits per heavy atom. The first-order chi connectivity index (χ1) is 13.0. The highest BCUT2D eigenvalue weighted by Crippen LogP contribution is 2.23. The van der Waals surface area contributed by atoms with Crippen LogP contribution < -0.4 is 11.2 Å². The number of carbonyl (C=O) groups excluding carboxylic acids is 1. The summed E-state index contributed by atoms with van der Waals surface area (Å²) < 4.78 is 14.8. The van der Waals surface area contributed by atoms with Gasteiger partial charge in [0, 0.05) is 24.3 Å².